The lowest BCUT2D eigenvalue weighted by Crippen LogP contribution is -2.33. The predicted molar refractivity (Wildman–Crippen MR) is 118 cm³/mol. The summed E-state index contributed by atoms with van der Waals surface area (Å²) >= 11 is 0. The van der Waals surface area contributed by atoms with E-state index >= 15 is 0 Å². The zero-order valence-electron chi connectivity index (χ0n) is 17.7. The van der Waals surface area contributed by atoms with Gasteiger partial charge in [-0.3, -0.25) is 9.59 Å². The van der Waals surface area contributed by atoms with E-state index in [4.69, 9.17) is 10.2 Å². The average molecular weight is 411 g/mol. The van der Waals surface area contributed by atoms with Gasteiger partial charge >= 0.3 is 11.9 Å². The Labute approximate surface area is 177 Å². The summed E-state index contributed by atoms with van der Waals surface area (Å²) < 4.78 is 0. The normalized spacial score (nSPS) is 13.3. The Morgan fingerprint density at radius 2 is 1.17 bits per heavy atom. The van der Waals surface area contributed by atoms with Crippen LogP contribution in [0.3, 0.4) is 0 Å². The second kappa shape index (κ2) is 9.65. The highest BCUT2D eigenvalue weighted by Crippen LogP contribution is 2.34. The summed E-state index contributed by atoms with van der Waals surface area (Å²) in [5, 5.41) is 18.1. The highest BCUT2D eigenvalue weighted by molar-refractivity contribution is 5.68. The van der Waals surface area contributed by atoms with Crippen molar-refractivity contribution in [1.82, 2.24) is 0 Å². The fourth-order valence-corrected chi connectivity index (χ4v) is 4.12. The number of fused-ring (bicyclic) bond motifs is 2. The van der Waals surface area contributed by atoms with Crippen molar-refractivity contribution in [3.05, 3.63) is 58.7 Å². The molecule has 6 nitrogen and oxygen atoms in total. The largest absolute Gasteiger partial charge is 0.481 e. The number of benzene rings is 2. The smallest absolute Gasteiger partial charge is 0.303 e. The number of carboxylic acids is 2. The topological polar surface area (TPSA) is 81.1 Å². The van der Waals surface area contributed by atoms with E-state index in [9.17, 15) is 9.59 Å². The van der Waals surface area contributed by atoms with Crippen molar-refractivity contribution in [1.29, 1.82) is 0 Å². The van der Waals surface area contributed by atoms with Crippen LogP contribution >= 0.6 is 0 Å². The van der Waals surface area contributed by atoms with Crippen molar-refractivity contribution in [2.45, 2.75) is 52.6 Å². The van der Waals surface area contributed by atoms with Gasteiger partial charge in [-0.1, -0.05) is 35.4 Å². The van der Waals surface area contributed by atoms with Crippen molar-refractivity contribution in [2.24, 2.45) is 0 Å². The van der Waals surface area contributed by atoms with Crippen LogP contribution in [-0.4, -0.2) is 35.2 Å². The number of carbonyl (C=O) groups is 2. The molecule has 2 N–H and O–H groups in total. The predicted octanol–water partition coefficient (Wildman–Crippen LogP) is 4.36. The first-order valence-corrected chi connectivity index (χ1v) is 10.5. The molecule has 0 fully saturated rings. The molecule has 0 atom stereocenters. The third kappa shape index (κ3) is 5.53. The standard InChI is InChI=1S/C24H30N2O4/c1-17-7-9-21-19(13-17)15-25(11-3-5-23(27)28)22-10-8-18(2)14-20(22)16-26(21)12-4-6-24(29)30/h7-10,13-14H,3-6,11-12,15-16H2,1-2H3,(H,27,28)(H,29,30). The monoisotopic (exact) mass is 410 g/mol. The summed E-state index contributed by atoms with van der Waals surface area (Å²) in [6, 6.07) is 12.8. The second-order valence-corrected chi connectivity index (χ2v) is 8.10. The van der Waals surface area contributed by atoms with Gasteiger partial charge in [-0.05, 0) is 49.9 Å². The van der Waals surface area contributed by atoms with Crippen LogP contribution in [0.25, 0.3) is 0 Å². The lowest BCUT2D eigenvalue weighted by atomic mass is 10.0. The van der Waals surface area contributed by atoms with E-state index in [0.29, 0.717) is 39.0 Å². The molecule has 0 radical (unpaired) electrons. The SMILES string of the molecule is Cc1ccc2c(c1)CN(CCCC(=O)O)c1ccc(C)cc1CN2CCCC(=O)O. The zero-order valence-corrected chi connectivity index (χ0v) is 17.7. The summed E-state index contributed by atoms with van der Waals surface area (Å²) in [4.78, 5) is 26.6. The van der Waals surface area contributed by atoms with Crippen LogP contribution in [0, 0.1) is 13.8 Å². The molecule has 0 unspecified atom stereocenters. The Kier molecular flexibility index (Phi) is 6.98. The van der Waals surface area contributed by atoms with E-state index in [1.54, 1.807) is 0 Å². The van der Waals surface area contributed by atoms with Crippen LogP contribution in [0.1, 0.15) is 47.9 Å². The molecule has 0 amide bonds. The zero-order chi connectivity index (χ0) is 21.7. The van der Waals surface area contributed by atoms with Gasteiger partial charge in [-0.25, -0.2) is 0 Å². The molecule has 0 aromatic heterocycles. The number of hydrogen-bond donors (Lipinski definition) is 2. The van der Waals surface area contributed by atoms with Gasteiger partial charge in [-0.2, -0.15) is 0 Å². The van der Waals surface area contributed by atoms with Crippen molar-refractivity contribution >= 4 is 23.3 Å². The van der Waals surface area contributed by atoms with E-state index in [1.165, 1.54) is 22.3 Å². The molecule has 6 heteroatoms. The molecule has 30 heavy (non-hydrogen) atoms. The first-order chi connectivity index (χ1) is 14.3. The molecular weight excluding hydrogens is 380 g/mol. The highest BCUT2D eigenvalue weighted by atomic mass is 16.4. The molecule has 1 aliphatic rings. The average Bonchev–Trinajstić information content (AvgIpc) is 2.65. The summed E-state index contributed by atoms with van der Waals surface area (Å²) in [5.41, 5.74) is 6.98. The van der Waals surface area contributed by atoms with Crippen LogP contribution in [0.2, 0.25) is 0 Å². The lowest BCUT2D eigenvalue weighted by Gasteiger charge is -2.36. The molecule has 160 valence electrons. The van der Waals surface area contributed by atoms with Gasteiger partial charge in [-0.15, -0.1) is 0 Å². The molecule has 0 aliphatic carbocycles. The van der Waals surface area contributed by atoms with Crippen LogP contribution in [0.5, 0.6) is 0 Å². The molecule has 2 aromatic rings. The minimum atomic E-state index is -0.771. The second-order valence-electron chi connectivity index (χ2n) is 8.10. The number of aliphatic carboxylic acids is 2. The molecule has 0 saturated heterocycles. The van der Waals surface area contributed by atoms with Crippen molar-refractivity contribution in [2.75, 3.05) is 22.9 Å². The maximum absolute atomic E-state index is 11.0. The first kappa shape index (κ1) is 21.7. The van der Waals surface area contributed by atoms with Crippen LogP contribution in [0.15, 0.2) is 36.4 Å². The highest BCUT2D eigenvalue weighted by Gasteiger charge is 2.22. The number of aryl methyl sites for hydroxylation is 2. The van der Waals surface area contributed by atoms with Crippen LogP contribution in [0.4, 0.5) is 11.4 Å². The summed E-state index contributed by atoms with van der Waals surface area (Å²) in [6.07, 6.45) is 1.48. The molecule has 2 aromatic carbocycles. The Hall–Kier alpha value is -3.02. The van der Waals surface area contributed by atoms with E-state index in [0.717, 1.165) is 11.4 Å². The minimum absolute atomic E-state index is 0.152. The van der Waals surface area contributed by atoms with E-state index < -0.39 is 11.9 Å². The molecule has 0 bridgehead atoms. The molecule has 1 heterocycles. The van der Waals surface area contributed by atoms with Crippen LogP contribution in [-0.2, 0) is 22.7 Å². The Bertz CT molecular complexity index is 850. The fourth-order valence-electron chi connectivity index (χ4n) is 4.12. The number of hydrogen-bond acceptors (Lipinski definition) is 4. The maximum Gasteiger partial charge on any atom is 0.303 e. The number of carboxylic acid groups (broad SMARTS) is 2. The fraction of sp³-hybridized carbons (Fsp3) is 0.417. The number of anilines is 2. The van der Waals surface area contributed by atoms with Gasteiger partial charge < -0.3 is 20.0 Å². The third-order valence-electron chi connectivity index (χ3n) is 5.51. The van der Waals surface area contributed by atoms with Crippen molar-refractivity contribution in [3.8, 4) is 0 Å². The summed E-state index contributed by atoms with van der Waals surface area (Å²) in [7, 11) is 0. The number of nitrogens with zero attached hydrogens (tertiary/aromatic N) is 2. The molecule has 0 saturated carbocycles. The van der Waals surface area contributed by atoms with Crippen molar-refractivity contribution < 1.29 is 19.8 Å². The molecule has 3 rings (SSSR count). The van der Waals surface area contributed by atoms with Gasteiger partial charge in [0.05, 0.1) is 0 Å². The van der Waals surface area contributed by atoms with E-state index in [-0.39, 0.29) is 12.8 Å². The van der Waals surface area contributed by atoms with Gasteiger partial charge in [0.2, 0.25) is 0 Å². The van der Waals surface area contributed by atoms with Gasteiger partial charge in [0.15, 0.2) is 0 Å². The quantitative estimate of drug-likeness (QED) is 0.673. The summed E-state index contributed by atoms with van der Waals surface area (Å²) in [6.45, 7) is 6.88. The molecule has 0 spiro atoms. The molecular formula is C24H30N2O4. The Balaban J connectivity index is 1.97. The van der Waals surface area contributed by atoms with Gasteiger partial charge in [0, 0.05) is 50.4 Å². The first-order valence-electron chi connectivity index (χ1n) is 10.5. The maximum atomic E-state index is 11.0. The van der Waals surface area contributed by atoms with E-state index in [1.807, 2.05) is 0 Å². The van der Waals surface area contributed by atoms with Gasteiger partial charge in [0.25, 0.3) is 0 Å². The third-order valence-corrected chi connectivity index (χ3v) is 5.51. The minimum Gasteiger partial charge on any atom is -0.481 e. The Morgan fingerprint density at radius 1 is 0.767 bits per heavy atom. The number of rotatable bonds is 8. The van der Waals surface area contributed by atoms with Crippen LogP contribution < -0.4 is 9.80 Å². The summed E-state index contributed by atoms with van der Waals surface area (Å²) in [5.74, 6) is -1.54. The lowest BCUT2D eigenvalue weighted by molar-refractivity contribution is -0.138. The van der Waals surface area contributed by atoms with Gasteiger partial charge in [0.1, 0.15) is 0 Å². The van der Waals surface area contributed by atoms with Crippen molar-refractivity contribution in [3.63, 3.8) is 0 Å². The molecule has 1 aliphatic heterocycles. The Morgan fingerprint density at radius 3 is 1.53 bits per heavy atom. The van der Waals surface area contributed by atoms with E-state index in [2.05, 4.69) is 60.0 Å².